The van der Waals surface area contributed by atoms with Gasteiger partial charge in [-0.15, -0.1) is 0 Å². The summed E-state index contributed by atoms with van der Waals surface area (Å²) in [5.41, 5.74) is 2.58. The van der Waals surface area contributed by atoms with Gasteiger partial charge in [0.05, 0.1) is 36.0 Å². The molecule has 1 amide bonds. The number of benzene rings is 2. The maximum absolute atomic E-state index is 12.2. The standard InChI is InChI=1S/C19H20ClN3O2S/c20-15-7-4-8-16(18(15)23-9-11-25-12-10-23)21-19(26)22-17(24)13-14-5-2-1-3-6-14/h1-8H,9-13H2,(H2,21,22,24,26). The van der Waals surface area contributed by atoms with E-state index in [4.69, 9.17) is 28.6 Å². The lowest BCUT2D eigenvalue weighted by atomic mass is 10.1. The highest BCUT2D eigenvalue weighted by molar-refractivity contribution is 7.80. The molecule has 1 fully saturated rings. The average molecular weight is 390 g/mol. The molecule has 1 aliphatic heterocycles. The number of thiocarbonyl (C=S) groups is 1. The first-order chi connectivity index (χ1) is 12.6. The van der Waals surface area contributed by atoms with Gasteiger partial charge in [-0.3, -0.25) is 4.79 Å². The molecule has 2 N–H and O–H groups in total. The third-order valence-electron chi connectivity index (χ3n) is 4.02. The smallest absolute Gasteiger partial charge is 0.230 e. The summed E-state index contributed by atoms with van der Waals surface area (Å²) in [6.45, 7) is 2.82. The first-order valence-corrected chi connectivity index (χ1v) is 9.18. The molecule has 1 saturated heterocycles. The van der Waals surface area contributed by atoms with E-state index in [2.05, 4.69) is 15.5 Å². The van der Waals surface area contributed by atoms with Crippen LogP contribution in [0, 0.1) is 0 Å². The molecule has 0 aromatic heterocycles. The zero-order valence-corrected chi connectivity index (χ0v) is 15.8. The molecule has 5 nitrogen and oxygen atoms in total. The second-order valence-electron chi connectivity index (χ2n) is 5.90. The number of hydrogen-bond acceptors (Lipinski definition) is 4. The van der Waals surface area contributed by atoms with Crippen molar-refractivity contribution in [1.82, 2.24) is 5.32 Å². The van der Waals surface area contributed by atoms with Crippen molar-refractivity contribution in [3.05, 3.63) is 59.1 Å². The summed E-state index contributed by atoms with van der Waals surface area (Å²) in [4.78, 5) is 14.3. The fraction of sp³-hybridized carbons (Fsp3) is 0.263. The number of rotatable bonds is 4. The quantitative estimate of drug-likeness (QED) is 0.786. The minimum absolute atomic E-state index is 0.163. The van der Waals surface area contributed by atoms with Crippen LogP contribution in [-0.4, -0.2) is 37.3 Å². The number of hydrogen-bond donors (Lipinski definition) is 2. The summed E-state index contributed by atoms with van der Waals surface area (Å²) in [5.74, 6) is -0.163. The molecule has 3 rings (SSSR count). The van der Waals surface area contributed by atoms with Crippen LogP contribution in [0.5, 0.6) is 0 Å². The number of carbonyl (C=O) groups is 1. The van der Waals surface area contributed by atoms with Gasteiger partial charge < -0.3 is 20.3 Å². The van der Waals surface area contributed by atoms with Crippen molar-refractivity contribution in [1.29, 1.82) is 0 Å². The predicted molar refractivity (Wildman–Crippen MR) is 109 cm³/mol. The van der Waals surface area contributed by atoms with E-state index in [9.17, 15) is 4.79 Å². The van der Waals surface area contributed by atoms with Gasteiger partial charge >= 0.3 is 0 Å². The Morgan fingerprint density at radius 3 is 2.58 bits per heavy atom. The molecule has 0 atom stereocenters. The molecule has 0 saturated carbocycles. The molecule has 0 unspecified atom stereocenters. The Morgan fingerprint density at radius 2 is 1.85 bits per heavy atom. The number of amides is 1. The zero-order chi connectivity index (χ0) is 18.4. The summed E-state index contributed by atoms with van der Waals surface area (Å²) in [6, 6.07) is 15.1. The van der Waals surface area contributed by atoms with E-state index in [1.165, 1.54) is 0 Å². The van der Waals surface area contributed by atoms with Crippen LogP contribution in [0.15, 0.2) is 48.5 Å². The minimum Gasteiger partial charge on any atom is -0.378 e. The molecule has 0 spiro atoms. The molecular formula is C19H20ClN3O2S. The van der Waals surface area contributed by atoms with Crippen LogP contribution < -0.4 is 15.5 Å². The Bertz CT molecular complexity index is 780. The maximum atomic E-state index is 12.2. The molecule has 0 bridgehead atoms. The third-order valence-corrected chi connectivity index (χ3v) is 4.53. The zero-order valence-electron chi connectivity index (χ0n) is 14.2. The van der Waals surface area contributed by atoms with Gasteiger partial charge in [0.15, 0.2) is 5.11 Å². The lowest BCUT2D eigenvalue weighted by Gasteiger charge is -2.31. The predicted octanol–water partition coefficient (Wildman–Crippen LogP) is 3.23. The molecule has 1 aliphatic rings. The van der Waals surface area contributed by atoms with Gasteiger partial charge in [0.25, 0.3) is 0 Å². The van der Waals surface area contributed by atoms with Gasteiger partial charge in [0.2, 0.25) is 5.91 Å². The SMILES string of the molecule is O=C(Cc1ccccc1)NC(=S)Nc1cccc(Cl)c1N1CCOCC1. The average Bonchev–Trinajstić information content (AvgIpc) is 2.63. The van der Waals surface area contributed by atoms with Crippen LogP contribution in [-0.2, 0) is 16.0 Å². The minimum atomic E-state index is -0.163. The number of morpholine rings is 1. The van der Waals surface area contributed by atoms with E-state index >= 15 is 0 Å². The van der Waals surface area contributed by atoms with Crippen LogP contribution in [0.1, 0.15) is 5.56 Å². The molecule has 7 heteroatoms. The Hall–Kier alpha value is -2.15. The number of anilines is 2. The summed E-state index contributed by atoms with van der Waals surface area (Å²) < 4.78 is 5.40. The lowest BCUT2D eigenvalue weighted by molar-refractivity contribution is -0.119. The van der Waals surface area contributed by atoms with Crippen LogP contribution in [0.2, 0.25) is 5.02 Å². The van der Waals surface area contributed by atoms with E-state index < -0.39 is 0 Å². The topological polar surface area (TPSA) is 53.6 Å². The molecule has 0 aliphatic carbocycles. The molecule has 2 aromatic rings. The van der Waals surface area contributed by atoms with E-state index in [0.717, 1.165) is 30.0 Å². The number of nitrogens with one attached hydrogen (secondary N) is 2. The van der Waals surface area contributed by atoms with Crippen molar-refractivity contribution >= 4 is 46.2 Å². The van der Waals surface area contributed by atoms with Gasteiger partial charge in [0.1, 0.15) is 0 Å². The summed E-state index contributed by atoms with van der Waals surface area (Å²) in [7, 11) is 0. The Morgan fingerprint density at radius 1 is 1.12 bits per heavy atom. The van der Waals surface area contributed by atoms with Crippen molar-refractivity contribution in [3.63, 3.8) is 0 Å². The number of para-hydroxylation sites is 1. The number of ether oxygens (including phenoxy) is 1. The summed E-state index contributed by atoms with van der Waals surface area (Å²) in [6.07, 6.45) is 0.272. The molecule has 1 heterocycles. The molecule has 26 heavy (non-hydrogen) atoms. The van der Waals surface area contributed by atoms with E-state index in [1.54, 1.807) is 0 Å². The monoisotopic (exact) mass is 389 g/mol. The van der Waals surface area contributed by atoms with Crippen LogP contribution in [0.4, 0.5) is 11.4 Å². The first kappa shape index (κ1) is 18.6. The Kier molecular flexibility index (Phi) is 6.44. The molecule has 2 aromatic carbocycles. The maximum Gasteiger partial charge on any atom is 0.230 e. The fourth-order valence-electron chi connectivity index (χ4n) is 2.83. The van der Waals surface area contributed by atoms with Gasteiger partial charge in [0, 0.05) is 13.1 Å². The van der Waals surface area contributed by atoms with Crippen LogP contribution in [0.3, 0.4) is 0 Å². The van der Waals surface area contributed by atoms with E-state index in [0.29, 0.717) is 18.2 Å². The third kappa shape index (κ3) is 4.94. The number of carbonyl (C=O) groups excluding carboxylic acids is 1. The number of halogens is 1. The van der Waals surface area contributed by atoms with Crippen molar-refractivity contribution in [2.45, 2.75) is 6.42 Å². The lowest BCUT2D eigenvalue weighted by Crippen LogP contribution is -2.38. The van der Waals surface area contributed by atoms with Crippen molar-refractivity contribution in [2.24, 2.45) is 0 Å². The van der Waals surface area contributed by atoms with E-state index in [-0.39, 0.29) is 17.4 Å². The van der Waals surface area contributed by atoms with E-state index in [1.807, 2.05) is 48.5 Å². The van der Waals surface area contributed by atoms with Gasteiger partial charge in [-0.2, -0.15) is 0 Å². The highest BCUT2D eigenvalue weighted by Crippen LogP contribution is 2.34. The normalized spacial score (nSPS) is 14.0. The first-order valence-electron chi connectivity index (χ1n) is 8.39. The summed E-state index contributed by atoms with van der Waals surface area (Å²) in [5, 5.41) is 6.71. The van der Waals surface area contributed by atoms with Gasteiger partial charge in [-0.1, -0.05) is 48.0 Å². The highest BCUT2D eigenvalue weighted by Gasteiger charge is 2.18. The number of nitrogens with zero attached hydrogens (tertiary/aromatic N) is 1. The highest BCUT2D eigenvalue weighted by atomic mass is 35.5. The second kappa shape index (κ2) is 8.98. The summed E-state index contributed by atoms with van der Waals surface area (Å²) >= 11 is 11.7. The second-order valence-corrected chi connectivity index (χ2v) is 6.72. The Balaban J connectivity index is 1.65. The molecular weight excluding hydrogens is 370 g/mol. The molecule has 136 valence electrons. The fourth-order valence-corrected chi connectivity index (χ4v) is 3.35. The molecule has 0 radical (unpaired) electrons. The van der Waals surface area contributed by atoms with Gasteiger partial charge in [-0.25, -0.2) is 0 Å². The van der Waals surface area contributed by atoms with Crippen molar-refractivity contribution in [3.8, 4) is 0 Å². The van der Waals surface area contributed by atoms with Crippen molar-refractivity contribution < 1.29 is 9.53 Å². The largest absolute Gasteiger partial charge is 0.378 e. The van der Waals surface area contributed by atoms with Gasteiger partial charge in [-0.05, 0) is 29.9 Å². The van der Waals surface area contributed by atoms with Crippen LogP contribution in [0.25, 0.3) is 0 Å². The van der Waals surface area contributed by atoms with Crippen LogP contribution >= 0.6 is 23.8 Å². The van der Waals surface area contributed by atoms with Crippen molar-refractivity contribution in [2.75, 3.05) is 36.5 Å². The Labute approximate surface area is 163 Å².